The smallest absolute Gasteiger partial charge is 0.142 e. The van der Waals surface area contributed by atoms with E-state index in [1.54, 1.807) is 6.07 Å². The van der Waals surface area contributed by atoms with Crippen LogP contribution in [0.5, 0.6) is 0 Å². The lowest BCUT2D eigenvalue weighted by Crippen LogP contribution is -2.44. The normalized spacial score (nSPS) is 15.5. The van der Waals surface area contributed by atoms with Crippen molar-refractivity contribution in [2.45, 2.75) is 0 Å². The third-order valence-electron chi connectivity index (χ3n) is 2.68. The first-order chi connectivity index (χ1) is 8.29. The topological polar surface area (TPSA) is 43.2 Å². The van der Waals surface area contributed by atoms with Gasteiger partial charge >= 0.3 is 0 Å². The van der Waals surface area contributed by atoms with E-state index in [1.807, 2.05) is 12.1 Å². The maximum atomic E-state index is 8.76. The lowest BCUT2D eigenvalue weighted by Gasteiger charge is -2.33. The number of hydrogen-bond acceptors (Lipinski definition) is 4. The molecule has 0 saturated carbocycles. The standard InChI is InChI=1S/C11H14N4.C2H2/c1-14-5-7-15(8-6-14)11-4-2-3-10(9-12)13-11;1-2/h2-4H,5-8H2,1H3;1-2H. The molecule has 88 valence electrons. The van der Waals surface area contributed by atoms with E-state index in [0.717, 1.165) is 32.0 Å². The van der Waals surface area contributed by atoms with Crippen LogP contribution < -0.4 is 4.90 Å². The van der Waals surface area contributed by atoms with Gasteiger partial charge in [0.25, 0.3) is 0 Å². The monoisotopic (exact) mass is 228 g/mol. The van der Waals surface area contributed by atoms with Gasteiger partial charge in [-0.25, -0.2) is 4.98 Å². The van der Waals surface area contributed by atoms with Gasteiger partial charge in [-0.05, 0) is 19.2 Å². The number of hydrogen-bond donors (Lipinski definition) is 0. The average molecular weight is 228 g/mol. The molecule has 1 aliphatic heterocycles. The number of terminal acetylenes is 1. The first-order valence-electron chi connectivity index (χ1n) is 5.43. The van der Waals surface area contributed by atoms with Gasteiger partial charge in [-0.2, -0.15) is 5.26 Å². The molecule has 0 N–H and O–H groups in total. The van der Waals surface area contributed by atoms with Crippen molar-refractivity contribution < 1.29 is 0 Å². The molecule has 1 aromatic heterocycles. The van der Waals surface area contributed by atoms with E-state index in [0.29, 0.717) is 5.69 Å². The van der Waals surface area contributed by atoms with Gasteiger partial charge in [0.05, 0.1) is 0 Å². The van der Waals surface area contributed by atoms with Gasteiger partial charge in [0.2, 0.25) is 0 Å². The summed E-state index contributed by atoms with van der Waals surface area (Å²) in [6.45, 7) is 4.08. The lowest BCUT2D eigenvalue weighted by atomic mass is 10.3. The maximum absolute atomic E-state index is 8.76. The summed E-state index contributed by atoms with van der Waals surface area (Å²) in [5.74, 6) is 0.919. The van der Waals surface area contributed by atoms with Crippen LogP contribution in [0.25, 0.3) is 0 Å². The molecule has 1 aromatic rings. The molecule has 0 atom stereocenters. The van der Waals surface area contributed by atoms with Crippen LogP contribution in [0, 0.1) is 24.2 Å². The number of pyridine rings is 1. The van der Waals surface area contributed by atoms with Crippen LogP contribution in [0.4, 0.5) is 5.82 Å². The average Bonchev–Trinajstić information content (AvgIpc) is 2.42. The second-order valence-electron chi connectivity index (χ2n) is 3.78. The molecule has 2 heterocycles. The fourth-order valence-electron chi connectivity index (χ4n) is 1.70. The van der Waals surface area contributed by atoms with Crippen molar-refractivity contribution in [1.29, 1.82) is 5.26 Å². The van der Waals surface area contributed by atoms with Crippen molar-refractivity contribution in [3.8, 4) is 18.9 Å². The number of aromatic nitrogens is 1. The summed E-state index contributed by atoms with van der Waals surface area (Å²) in [4.78, 5) is 8.81. The zero-order chi connectivity index (χ0) is 12.7. The molecule has 0 aromatic carbocycles. The van der Waals surface area contributed by atoms with Crippen molar-refractivity contribution in [2.75, 3.05) is 38.1 Å². The summed E-state index contributed by atoms with van der Waals surface area (Å²) in [6.07, 6.45) is 8.00. The number of anilines is 1. The van der Waals surface area contributed by atoms with Gasteiger partial charge in [-0.3, -0.25) is 0 Å². The van der Waals surface area contributed by atoms with E-state index < -0.39 is 0 Å². The Labute approximate surface area is 102 Å². The van der Waals surface area contributed by atoms with Gasteiger partial charge < -0.3 is 9.80 Å². The summed E-state index contributed by atoms with van der Waals surface area (Å²) >= 11 is 0. The fourth-order valence-corrected chi connectivity index (χ4v) is 1.70. The quantitative estimate of drug-likeness (QED) is 0.671. The molecule has 17 heavy (non-hydrogen) atoms. The van der Waals surface area contributed by atoms with Crippen molar-refractivity contribution in [2.24, 2.45) is 0 Å². The molecule has 0 bridgehead atoms. The fraction of sp³-hybridized carbons (Fsp3) is 0.385. The highest BCUT2D eigenvalue weighted by Gasteiger charge is 2.15. The maximum Gasteiger partial charge on any atom is 0.142 e. The molecule has 2 rings (SSSR count). The summed E-state index contributed by atoms with van der Waals surface area (Å²) in [7, 11) is 2.12. The molecule has 4 nitrogen and oxygen atoms in total. The Hall–Kier alpha value is -2.04. The van der Waals surface area contributed by atoms with Crippen molar-refractivity contribution >= 4 is 5.82 Å². The molecule has 0 amide bonds. The summed E-state index contributed by atoms with van der Waals surface area (Å²) in [5.41, 5.74) is 0.492. The number of piperazine rings is 1. The molecule has 0 aliphatic carbocycles. The Morgan fingerprint density at radius 1 is 1.24 bits per heavy atom. The van der Waals surface area contributed by atoms with Crippen LogP contribution in [-0.4, -0.2) is 43.1 Å². The molecule has 1 fully saturated rings. The van der Waals surface area contributed by atoms with Crippen LogP contribution in [0.3, 0.4) is 0 Å². The highest BCUT2D eigenvalue weighted by atomic mass is 15.3. The highest BCUT2D eigenvalue weighted by molar-refractivity contribution is 5.41. The molecule has 0 radical (unpaired) electrons. The Balaban J connectivity index is 0.000000686. The molecule has 1 aliphatic rings. The van der Waals surface area contributed by atoms with Crippen LogP contribution >= 0.6 is 0 Å². The molecule has 1 saturated heterocycles. The van der Waals surface area contributed by atoms with Crippen molar-refractivity contribution in [3.05, 3.63) is 23.9 Å². The van der Waals surface area contributed by atoms with Gasteiger partial charge in [0, 0.05) is 26.2 Å². The Bertz CT molecular complexity index is 411. The van der Waals surface area contributed by atoms with Crippen LogP contribution in [0.2, 0.25) is 0 Å². The minimum absolute atomic E-state index is 0.492. The number of rotatable bonds is 1. The van der Waals surface area contributed by atoms with Gasteiger partial charge in [0.15, 0.2) is 0 Å². The zero-order valence-electron chi connectivity index (χ0n) is 10.0. The predicted molar refractivity (Wildman–Crippen MR) is 68.6 cm³/mol. The van der Waals surface area contributed by atoms with Crippen LogP contribution in [0.15, 0.2) is 18.2 Å². The Kier molecular flexibility index (Phi) is 5.00. The number of likely N-dealkylation sites (N-methyl/N-ethyl adjacent to an activating group) is 1. The zero-order valence-corrected chi connectivity index (χ0v) is 10.0. The highest BCUT2D eigenvalue weighted by Crippen LogP contribution is 2.13. The third kappa shape index (κ3) is 3.48. The minimum Gasteiger partial charge on any atom is -0.354 e. The van der Waals surface area contributed by atoms with Crippen LogP contribution in [0.1, 0.15) is 5.69 Å². The molecule has 0 spiro atoms. The first kappa shape index (κ1) is 13.0. The van der Waals surface area contributed by atoms with Gasteiger partial charge in [-0.1, -0.05) is 6.07 Å². The second-order valence-corrected chi connectivity index (χ2v) is 3.78. The number of nitriles is 1. The number of nitrogens with zero attached hydrogens (tertiary/aromatic N) is 4. The van der Waals surface area contributed by atoms with E-state index in [4.69, 9.17) is 5.26 Å². The third-order valence-corrected chi connectivity index (χ3v) is 2.68. The van der Waals surface area contributed by atoms with Crippen molar-refractivity contribution in [1.82, 2.24) is 9.88 Å². The van der Waals surface area contributed by atoms with E-state index >= 15 is 0 Å². The second kappa shape index (κ2) is 6.52. The Morgan fingerprint density at radius 2 is 1.88 bits per heavy atom. The van der Waals surface area contributed by atoms with Gasteiger partial charge in [0.1, 0.15) is 17.6 Å². The molecule has 4 heteroatoms. The van der Waals surface area contributed by atoms with E-state index in [2.05, 4.69) is 40.7 Å². The minimum atomic E-state index is 0.492. The SMILES string of the molecule is C#C.CN1CCN(c2cccc(C#N)n2)CC1. The molecular formula is C13H16N4. The Morgan fingerprint density at radius 3 is 2.47 bits per heavy atom. The lowest BCUT2D eigenvalue weighted by molar-refractivity contribution is 0.312. The van der Waals surface area contributed by atoms with Gasteiger partial charge in [-0.15, -0.1) is 12.8 Å². The predicted octanol–water partition coefficient (Wildman–Crippen LogP) is 0.954. The van der Waals surface area contributed by atoms with Crippen molar-refractivity contribution in [3.63, 3.8) is 0 Å². The van der Waals surface area contributed by atoms with E-state index in [1.165, 1.54) is 0 Å². The largest absolute Gasteiger partial charge is 0.354 e. The summed E-state index contributed by atoms with van der Waals surface area (Å²) in [6, 6.07) is 7.66. The van der Waals surface area contributed by atoms with Crippen LogP contribution in [-0.2, 0) is 0 Å². The summed E-state index contributed by atoms with van der Waals surface area (Å²) < 4.78 is 0. The van der Waals surface area contributed by atoms with E-state index in [9.17, 15) is 0 Å². The molecular weight excluding hydrogens is 212 g/mol. The molecule has 0 unspecified atom stereocenters. The van der Waals surface area contributed by atoms with E-state index in [-0.39, 0.29) is 0 Å². The summed E-state index contributed by atoms with van der Waals surface area (Å²) in [5, 5.41) is 8.76. The first-order valence-corrected chi connectivity index (χ1v) is 5.43.